The second kappa shape index (κ2) is 22.7. The topological polar surface area (TPSA) is 269 Å². The maximum Gasteiger partial charge on any atom is 0.306 e. The van der Waals surface area contributed by atoms with Gasteiger partial charge in [-0.2, -0.15) is 0 Å². The van der Waals surface area contributed by atoms with E-state index in [4.69, 9.17) is 17.2 Å². The Kier molecular flexibility index (Phi) is 19.2. The number of nitrogens with one attached hydrogen (secondary N) is 4. The summed E-state index contributed by atoms with van der Waals surface area (Å²) in [6.45, 7) is 4.51. The molecule has 15 heteroatoms. The minimum absolute atomic E-state index is 0.0164. The van der Waals surface area contributed by atoms with E-state index in [9.17, 15) is 39.0 Å². The molecule has 0 radical (unpaired) electrons. The number of rotatable bonds is 18. The number of carboxylic acids is 1. The summed E-state index contributed by atoms with van der Waals surface area (Å²) >= 11 is 0. The average molecular weight is 718 g/mol. The Morgan fingerprint density at radius 1 is 0.843 bits per heavy atom. The van der Waals surface area contributed by atoms with Crippen LogP contribution in [0.5, 0.6) is 5.75 Å². The predicted molar refractivity (Wildman–Crippen MR) is 192 cm³/mol. The van der Waals surface area contributed by atoms with Gasteiger partial charge >= 0.3 is 5.97 Å². The van der Waals surface area contributed by atoms with Gasteiger partial charge in [-0.3, -0.25) is 28.8 Å². The molecule has 1 aromatic rings. The molecule has 1 aliphatic heterocycles. The number of carboxylic acid groups (broad SMARTS) is 1. The van der Waals surface area contributed by atoms with E-state index >= 15 is 0 Å². The number of aliphatic carboxylic acids is 1. The lowest BCUT2D eigenvalue weighted by molar-refractivity contribution is -0.144. The van der Waals surface area contributed by atoms with Crippen LogP contribution in [0.4, 0.5) is 0 Å². The molecule has 12 N–H and O–H groups in total. The lowest BCUT2D eigenvalue weighted by Gasteiger charge is -2.28. The number of hydrogen-bond donors (Lipinski definition) is 9. The Labute approximate surface area is 300 Å². The van der Waals surface area contributed by atoms with Gasteiger partial charge < -0.3 is 48.7 Å². The molecule has 4 amide bonds. The highest BCUT2D eigenvalue weighted by molar-refractivity contribution is 5.96. The molecule has 0 saturated carbocycles. The SMILES string of the molecule is CC(C)C[C@H](CC(=O)[C@H](Cc1ccc(O)cc1)NC(=O)[C@@H]1CCCC[C@H](N)C(=O)N[C@@H](CCCCN)C(=O)N[C@@H](CCCCN)C(=O)N1)C(=O)O. The monoisotopic (exact) mass is 717 g/mol. The molecular weight excluding hydrogens is 658 g/mol. The number of unbranched alkanes of at least 4 members (excludes halogenated alkanes) is 2. The van der Waals surface area contributed by atoms with Crippen LogP contribution in [0.2, 0.25) is 0 Å². The number of phenols is 1. The van der Waals surface area contributed by atoms with E-state index < -0.39 is 71.5 Å². The van der Waals surface area contributed by atoms with Crippen molar-refractivity contribution in [2.75, 3.05) is 13.1 Å². The summed E-state index contributed by atoms with van der Waals surface area (Å²) in [5.74, 6) is -4.83. The van der Waals surface area contributed by atoms with Crippen molar-refractivity contribution in [3.05, 3.63) is 29.8 Å². The number of Topliss-reactive ketones (excluding diaryl/α,β-unsaturated/α-hetero) is 1. The third-order valence-corrected chi connectivity index (χ3v) is 9.02. The van der Waals surface area contributed by atoms with Crippen molar-refractivity contribution in [1.82, 2.24) is 21.3 Å². The van der Waals surface area contributed by atoms with Gasteiger partial charge in [-0.05, 0) is 101 Å². The Balaban J connectivity index is 2.40. The lowest BCUT2D eigenvalue weighted by Crippen LogP contribution is -2.58. The molecule has 286 valence electrons. The van der Waals surface area contributed by atoms with Crippen LogP contribution in [-0.2, 0) is 35.2 Å². The van der Waals surface area contributed by atoms with Crippen LogP contribution in [-0.4, -0.2) is 88.9 Å². The van der Waals surface area contributed by atoms with Crippen LogP contribution in [0.1, 0.15) is 96.5 Å². The van der Waals surface area contributed by atoms with Gasteiger partial charge in [-0.15, -0.1) is 0 Å². The summed E-state index contributed by atoms with van der Waals surface area (Å²) in [6.07, 6.45) is 4.02. The number of aromatic hydroxyl groups is 1. The van der Waals surface area contributed by atoms with Crippen molar-refractivity contribution in [1.29, 1.82) is 0 Å². The van der Waals surface area contributed by atoms with E-state index in [1.807, 2.05) is 13.8 Å². The maximum atomic E-state index is 13.9. The van der Waals surface area contributed by atoms with Crippen LogP contribution >= 0.6 is 0 Å². The zero-order chi connectivity index (χ0) is 37.9. The van der Waals surface area contributed by atoms with E-state index in [-0.39, 0.29) is 50.2 Å². The maximum absolute atomic E-state index is 13.9. The molecule has 1 aromatic carbocycles. The highest BCUT2D eigenvalue weighted by atomic mass is 16.4. The van der Waals surface area contributed by atoms with Crippen molar-refractivity contribution in [2.45, 2.75) is 128 Å². The van der Waals surface area contributed by atoms with Crippen molar-refractivity contribution in [3.8, 4) is 5.75 Å². The fourth-order valence-corrected chi connectivity index (χ4v) is 6.07. The molecular formula is C36H59N7O8. The number of phenolic OH excluding ortho intramolecular Hbond substituents is 1. The van der Waals surface area contributed by atoms with E-state index in [0.717, 1.165) is 0 Å². The fraction of sp³-hybridized carbons (Fsp3) is 0.667. The number of carbonyl (C=O) groups is 6. The molecule has 1 fully saturated rings. The van der Waals surface area contributed by atoms with Crippen molar-refractivity contribution >= 4 is 35.4 Å². The zero-order valence-corrected chi connectivity index (χ0v) is 30.0. The zero-order valence-electron chi connectivity index (χ0n) is 30.0. The second-order valence-corrected chi connectivity index (χ2v) is 13.9. The van der Waals surface area contributed by atoms with Crippen molar-refractivity contribution in [2.24, 2.45) is 29.0 Å². The van der Waals surface area contributed by atoms with Gasteiger partial charge in [0.15, 0.2) is 5.78 Å². The van der Waals surface area contributed by atoms with E-state index in [1.165, 1.54) is 12.1 Å². The molecule has 0 spiro atoms. The number of ketones is 1. The first-order valence-electron chi connectivity index (χ1n) is 18.2. The molecule has 1 aliphatic rings. The molecule has 1 saturated heterocycles. The molecule has 51 heavy (non-hydrogen) atoms. The number of amides is 4. The Hall–Kier alpha value is -4.08. The first-order chi connectivity index (χ1) is 24.2. The highest BCUT2D eigenvalue weighted by Gasteiger charge is 2.33. The van der Waals surface area contributed by atoms with Gasteiger partial charge in [0.25, 0.3) is 0 Å². The summed E-state index contributed by atoms with van der Waals surface area (Å²) in [7, 11) is 0. The molecule has 0 aromatic heterocycles. The molecule has 0 unspecified atom stereocenters. The Morgan fingerprint density at radius 2 is 1.39 bits per heavy atom. The first-order valence-corrected chi connectivity index (χ1v) is 18.2. The quantitative estimate of drug-likeness (QED) is 0.0956. The second-order valence-electron chi connectivity index (χ2n) is 13.9. The Bertz CT molecular complexity index is 1290. The van der Waals surface area contributed by atoms with E-state index in [0.29, 0.717) is 63.6 Å². The number of hydrogen-bond acceptors (Lipinski definition) is 10. The lowest BCUT2D eigenvalue weighted by atomic mass is 9.89. The van der Waals surface area contributed by atoms with Gasteiger partial charge in [0.05, 0.1) is 18.0 Å². The van der Waals surface area contributed by atoms with Crippen molar-refractivity contribution < 1.29 is 39.0 Å². The number of carbonyl (C=O) groups excluding carboxylic acids is 5. The summed E-state index contributed by atoms with van der Waals surface area (Å²) in [5.41, 5.74) is 18.1. The average Bonchev–Trinajstić information content (AvgIpc) is 3.08. The van der Waals surface area contributed by atoms with Gasteiger partial charge in [0.1, 0.15) is 23.9 Å². The highest BCUT2D eigenvalue weighted by Crippen LogP contribution is 2.20. The molecule has 0 aliphatic carbocycles. The predicted octanol–water partition coefficient (Wildman–Crippen LogP) is 0.739. The van der Waals surface area contributed by atoms with Gasteiger partial charge in [-0.1, -0.05) is 38.8 Å². The Morgan fingerprint density at radius 3 is 1.94 bits per heavy atom. The van der Waals surface area contributed by atoms with Gasteiger partial charge in [0, 0.05) is 6.42 Å². The normalized spacial score (nSPS) is 21.8. The largest absolute Gasteiger partial charge is 0.508 e. The van der Waals surface area contributed by atoms with E-state index in [1.54, 1.807) is 12.1 Å². The number of nitrogens with two attached hydrogens (primary N) is 3. The molecule has 15 nitrogen and oxygen atoms in total. The fourth-order valence-electron chi connectivity index (χ4n) is 6.07. The minimum atomic E-state index is -1.13. The van der Waals surface area contributed by atoms with Crippen LogP contribution in [0.25, 0.3) is 0 Å². The summed E-state index contributed by atoms with van der Waals surface area (Å²) in [6, 6.07) is 0.944. The molecule has 0 bridgehead atoms. The van der Waals surface area contributed by atoms with Gasteiger partial charge in [0.2, 0.25) is 23.6 Å². The third kappa shape index (κ3) is 15.8. The van der Waals surface area contributed by atoms with Crippen molar-refractivity contribution in [3.63, 3.8) is 0 Å². The first kappa shape index (κ1) is 43.1. The number of benzene rings is 1. The minimum Gasteiger partial charge on any atom is -0.508 e. The molecule has 6 atom stereocenters. The van der Waals surface area contributed by atoms with Gasteiger partial charge in [-0.25, -0.2) is 0 Å². The molecule has 2 rings (SSSR count). The van der Waals surface area contributed by atoms with E-state index in [2.05, 4.69) is 21.3 Å². The summed E-state index contributed by atoms with van der Waals surface area (Å²) < 4.78 is 0. The molecule has 1 heterocycles. The third-order valence-electron chi connectivity index (χ3n) is 9.02. The summed E-state index contributed by atoms with van der Waals surface area (Å²) in [4.78, 5) is 79.8. The van der Waals surface area contributed by atoms with Crippen LogP contribution < -0.4 is 38.5 Å². The smallest absolute Gasteiger partial charge is 0.306 e. The standard InChI is InChI=1S/C36H59N7O8/c1-22(2)19-24(36(50)51)21-31(45)30(20-23-13-15-25(44)16-14-23)43-35(49)28-10-4-3-9-26(39)32(46)40-27(11-5-7-17-37)33(47)42-29(34(48)41-28)12-6-8-18-38/h13-16,22,24,26-30,44H,3-12,17-21,37-39H2,1-2H3,(H,40,46)(H,41,48)(H,42,47)(H,43,49)(H,50,51)/t24-,26+,27+,28+,29+,30+/m1/s1. The van der Waals surface area contributed by atoms with Crippen LogP contribution in [0.15, 0.2) is 24.3 Å². The van der Waals surface area contributed by atoms with Crippen LogP contribution in [0.3, 0.4) is 0 Å². The summed E-state index contributed by atoms with van der Waals surface area (Å²) in [5, 5.41) is 30.6. The van der Waals surface area contributed by atoms with Crippen LogP contribution in [0, 0.1) is 11.8 Å².